The standard InChI is InChI=1S/C19H14N2O3S2/c1-12-4-2-3-5-15(12)17(23)20-21-18(24)16(26-19(21)25)10-13-6-8-14(11-22)9-7-13/h2-11H,1H3,(H,20,23)/b16-10-. The number of hydrazine groups is 1. The number of carbonyl (C=O) groups is 3. The Morgan fingerprint density at radius 2 is 1.77 bits per heavy atom. The van der Waals surface area contributed by atoms with Gasteiger partial charge in [0.1, 0.15) is 6.29 Å². The SMILES string of the molecule is Cc1ccccc1C(=O)NN1C(=O)/C(=C/c2ccc(C=O)cc2)SC1=S. The second-order valence-corrected chi connectivity index (χ2v) is 7.23. The molecule has 0 aromatic heterocycles. The van der Waals surface area contributed by atoms with Gasteiger partial charge in [0, 0.05) is 11.1 Å². The minimum Gasteiger partial charge on any atom is -0.298 e. The van der Waals surface area contributed by atoms with Crippen LogP contribution in [0.5, 0.6) is 0 Å². The lowest BCUT2D eigenvalue weighted by molar-refractivity contribution is -0.123. The van der Waals surface area contributed by atoms with Crippen LogP contribution in [0.15, 0.2) is 53.4 Å². The average Bonchev–Trinajstić information content (AvgIpc) is 2.90. The minimum absolute atomic E-state index is 0.257. The van der Waals surface area contributed by atoms with Gasteiger partial charge >= 0.3 is 0 Å². The number of aldehydes is 1. The molecule has 0 radical (unpaired) electrons. The summed E-state index contributed by atoms with van der Waals surface area (Å²) < 4.78 is 0.257. The van der Waals surface area contributed by atoms with Crippen LogP contribution >= 0.6 is 24.0 Å². The Balaban J connectivity index is 1.78. The van der Waals surface area contributed by atoms with Gasteiger partial charge in [-0.15, -0.1) is 0 Å². The first-order chi connectivity index (χ1) is 12.5. The predicted octanol–water partition coefficient (Wildman–Crippen LogP) is 3.35. The van der Waals surface area contributed by atoms with Gasteiger partial charge in [0.2, 0.25) is 0 Å². The smallest absolute Gasteiger partial charge is 0.285 e. The molecule has 0 saturated carbocycles. The Morgan fingerprint density at radius 1 is 1.12 bits per heavy atom. The van der Waals surface area contributed by atoms with Gasteiger partial charge in [-0.1, -0.05) is 54.2 Å². The van der Waals surface area contributed by atoms with Crippen molar-refractivity contribution in [2.75, 3.05) is 0 Å². The first-order valence-electron chi connectivity index (χ1n) is 7.69. The first-order valence-corrected chi connectivity index (χ1v) is 8.92. The van der Waals surface area contributed by atoms with Gasteiger partial charge in [0.25, 0.3) is 11.8 Å². The van der Waals surface area contributed by atoms with E-state index in [0.717, 1.165) is 34.2 Å². The number of hydrogen-bond acceptors (Lipinski definition) is 5. The Labute approximate surface area is 160 Å². The fourth-order valence-corrected chi connectivity index (χ4v) is 3.56. The Hall–Kier alpha value is -2.77. The number of hydrogen-bond donors (Lipinski definition) is 1. The summed E-state index contributed by atoms with van der Waals surface area (Å²) in [6.07, 6.45) is 2.43. The van der Waals surface area contributed by atoms with Crippen molar-refractivity contribution in [1.82, 2.24) is 10.4 Å². The normalized spacial score (nSPS) is 15.4. The molecular formula is C19H14N2O3S2. The summed E-state index contributed by atoms with van der Waals surface area (Å²) in [6, 6.07) is 13.9. The van der Waals surface area contributed by atoms with Gasteiger partial charge in [-0.25, -0.2) is 0 Å². The third kappa shape index (κ3) is 3.74. The molecule has 5 nitrogen and oxygen atoms in total. The molecule has 1 N–H and O–H groups in total. The molecule has 0 unspecified atom stereocenters. The van der Waals surface area contributed by atoms with Crippen LogP contribution in [0, 0.1) is 6.92 Å². The second-order valence-electron chi connectivity index (χ2n) is 5.56. The van der Waals surface area contributed by atoms with Crippen LogP contribution in [0.1, 0.15) is 31.8 Å². The molecule has 26 heavy (non-hydrogen) atoms. The number of nitrogens with one attached hydrogen (secondary N) is 1. The number of amides is 2. The molecule has 0 atom stereocenters. The maximum Gasteiger partial charge on any atom is 0.285 e. The number of aryl methyl sites for hydroxylation is 1. The summed E-state index contributed by atoms with van der Waals surface area (Å²) in [5.41, 5.74) is 5.17. The van der Waals surface area contributed by atoms with E-state index in [1.807, 2.05) is 19.1 Å². The molecule has 0 bridgehead atoms. The fraction of sp³-hybridized carbons (Fsp3) is 0.0526. The topological polar surface area (TPSA) is 66.5 Å². The van der Waals surface area contributed by atoms with Gasteiger partial charge in [0.15, 0.2) is 4.32 Å². The van der Waals surface area contributed by atoms with Crippen molar-refractivity contribution in [2.45, 2.75) is 6.92 Å². The van der Waals surface area contributed by atoms with Gasteiger partial charge in [0.05, 0.1) is 4.91 Å². The maximum atomic E-state index is 12.6. The quantitative estimate of drug-likeness (QED) is 0.499. The molecule has 3 rings (SSSR count). The monoisotopic (exact) mass is 382 g/mol. The summed E-state index contributed by atoms with van der Waals surface area (Å²) in [7, 11) is 0. The van der Waals surface area contributed by atoms with Crippen molar-refractivity contribution in [2.24, 2.45) is 0 Å². The van der Waals surface area contributed by atoms with Crippen molar-refractivity contribution in [3.8, 4) is 0 Å². The van der Waals surface area contributed by atoms with Crippen molar-refractivity contribution >= 4 is 52.5 Å². The molecule has 7 heteroatoms. The summed E-state index contributed by atoms with van der Waals surface area (Å²) >= 11 is 6.33. The van der Waals surface area contributed by atoms with E-state index in [1.165, 1.54) is 0 Å². The molecule has 0 aliphatic carbocycles. The first kappa shape index (κ1) is 18.0. The molecule has 1 saturated heterocycles. The number of thiocarbonyl (C=S) groups is 1. The molecule has 1 heterocycles. The van der Waals surface area contributed by atoms with Gasteiger partial charge < -0.3 is 0 Å². The van der Waals surface area contributed by atoms with Crippen molar-refractivity contribution < 1.29 is 14.4 Å². The number of rotatable bonds is 4. The van der Waals surface area contributed by atoms with E-state index >= 15 is 0 Å². The zero-order valence-corrected chi connectivity index (χ0v) is 15.4. The molecule has 2 amide bonds. The summed E-state index contributed by atoms with van der Waals surface area (Å²) in [6.45, 7) is 1.82. The zero-order valence-electron chi connectivity index (χ0n) is 13.8. The predicted molar refractivity (Wildman–Crippen MR) is 105 cm³/mol. The third-order valence-electron chi connectivity index (χ3n) is 3.77. The number of thioether (sulfide) groups is 1. The lowest BCUT2D eigenvalue weighted by Gasteiger charge is -2.16. The second kappa shape index (κ2) is 7.63. The van der Waals surface area contributed by atoms with Crippen molar-refractivity contribution in [1.29, 1.82) is 0 Å². The van der Waals surface area contributed by atoms with Gasteiger partial charge in [-0.3, -0.25) is 19.8 Å². The van der Waals surface area contributed by atoms with Crippen LogP contribution in [0.2, 0.25) is 0 Å². The Morgan fingerprint density at radius 3 is 2.42 bits per heavy atom. The molecule has 2 aromatic carbocycles. The molecule has 1 aliphatic heterocycles. The molecular weight excluding hydrogens is 368 g/mol. The van der Waals surface area contributed by atoms with Gasteiger partial charge in [-0.05, 0) is 42.4 Å². The highest BCUT2D eigenvalue weighted by Crippen LogP contribution is 2.31. The van der Waals surface area contributed by atoms with E-state index in [9.17, 15) is 14.4 Å². The van der Waals surface area contributed by atoms with Crippen LogP contribution in [0.4, 0.5) is 0 Å². The maximum absolute atomic E-state index is 12.6. The highest BCUT2D eigenvalue weighted by Gasteiger charge is 2.33. The highest BCUT2D eigenvalue weighted by atomic mass is 32.2. The zero-order chi connectivity index (χ0) is 18.7. The third-order valence-corrected chi connectivity index (χ3v) is 5.07. The molecule has 2 aromatic rings. The molecule has 0 spiro atoms. The summed E-state index contributed by atoms with van der Waals surface area (Å²) in [5, 5.41) is 1.08. The molecule has 130 valence electrons. The Kier molecular flexibility index (Phi) is 5.29. The molecule has 1 aliphatic rings. The van der Waals surface area contributed by atoms with Crippen LogP contribution in [-0.2, 0) is 4.79 Å². The van der Waals surface area contributed by atoms with Crippen LogP contribution in [0.25, 0.3) is 6.08 Å². The van der Waals surface area contributed by atoms with E-state index in [0.29, 0.717) is 16.0 Å². The lowest BCUT2D eigenvalue weighted by atomic mass is 10.1. The minimum atomic E-state index is -0.393. The largest absolute Gasteiger partial charge is 0.298 e. The van der Waals surface area contributed by atoms with E-state index in [2.05, 4.69) is 5.43 Å². The Bertz CT molecular complexity index is 936. The van der Waals surface area contributed by atoms with Crippen LogP contribution < -0.4 is 5.43 Å². The van der Waals surface area contributed by atoms with E-state index in [1.54, 1.807) is 42.5 Å². The van der Waals surface area contributed by atoms with Gasteiger partial charge in [-0.2, -0.15) is 5.01 Å². The summed E-state index contributed by atoms with van der Waals surface area (Å²) in [5.74, 6) is -0.780. The van der Waals surface area contributed by atoms with E-state index in [4.69, 9.17) is 12.2 Å². The highest BCUT2D eigenvalue weighted by molar-refractivity contribution is 8.26. The van der Waals surface area contributed by atoms with Crippen LogP contribution in [-0.4, -0.2) is 27.4 Å². The van der Waals surface area contributed by atoms with Crippen molar-refractivity contribution in [3.05, 3.63) is 75.7 Å². The number of carbonyl (C=O) groups excluding carboxylic acids is 3. The number of nitrogens with zero attached hydrogens (tertiary/aromatic N) is 1. The van der Waals surface area contributed by atoms with Crippen LogP contribution in [0.3, 0.4) is 0 Å². The summed E-state index contributed by atoms with van der Waals surface area (Å²) in [4.78, 5) is 36.1. The van der Waals surface area contributed by atoms with E-state index in [-0.39, 0.29) is 10.2 Å². The fourth-order valence-electron chi connectivity index (χ4n) is 2.38. The number of benzene rings is 2. The molecule has 1 fully saturated rings. The van der Waals surface area contributed by atoms with E-state index < -0.39 is 5.91 Å². The van der Waals surface area contributed by atoms with Crippen molar-refractivity contribution in [3.63, 3.8) is 0 Å². The average molecular weight is 382 g/mol. The lowest BCUT2D eigenvalue weighted by Crippen LogP contribution is -2.45.